The number of benzene rings is 1. The van der Waals surface area contributed by atoms with E-state index >= 15 is 0 Å². The fourth-order valence-corrected chi connectivity index (χ4v) is 5.07. The molecule has 3 amide bonds. The van der Waals surface area contributed by atoms with Crippen molar-refractivity contribution in [2.75, 3.05) is 33.7 Å². The maximum Gasteiger partial charge on any atom is 0.320 e. The van der Waals surface area contributed by atoms with E-state index in [-0.39, 0.29) is 36.3 Å². The van der Waals surface area contributed by atoms with E-state index in [9.17, 15) is 9.59 Å². The molecule has 2 heterocycles. The molecule has 2 aliphatic heterocycles. The van der Waals surface area contributed by atoms with Crippen LogP contribution in [0.3, 0.4) is 0 Å². The molecular weight excluding hydrogens is 376 g/mol. The molecule has 0 aromatic heterocycles. The molecule has 4 rings (SSSR count). The van der Waals surface area contributed by atoms with E-state index in [1.54, 1.807) is 19.0 Å². The van der Waals surface area contributed by atoms with Crippen LogP contribution >= 0.6 is 12.4 Å². The maximum absolute atomic E-state index is 12.9. The number of nitrogens with two attached hydrogens (primary N) is 1. The predicted octanol–water partition coefficient (Wildman–Crippen LogP) is 2.41. The second-order valence-electron chi connectivity index (χ2n) is 8.77. The zero-order valence-electron chi connectivity index (χ0n) is 16.9. The lowest BCUT2D eigenvalue weighted by Gasteiger charge is -2.40. The average molecular weight is 407 g/mol. The van der Waals surface area contributed by atoms with Gasteiger partial charge in [0.15, 0.2) is 0 Å². The number of urea groups is 1. The van der Waals surface area contributed by atoms with Crippen LogP contribution in [-0.2, 0) is 4.79 Å². The number of hydrogen-bond donors (Lipinski definition) is 1. The monoisotopic (exact) mass is 406 g/mol. The summed E-state index contributed by atoms with van der Waals surface area (Å²) in [6.07, 6.45) is 2.63. The minimum atomic E-state index is -0.643. The van der Waals surface area contributed by atoms with E-state index in [0.717, 1.165) is 19.3 Å². The van der Waals surface area contributed by atoms with Gasteiger partial charge >= 0.3 is 6.03 Å². The number of hydrogen-bond acceptors (Lipinski definition) is 3. The lowest BCUT2D eigenvalue weighted by molar-refractivity contribution is -0.139. The summed E-state index contributed by atoms with van der Waals surface area (Å²) in [5.41, 5.74) is 8.04. The van der Waals surface area contributed by atoms with E-state index < -0.39 is 5.54 Å². The van der Waals surface area contributed by atoms with Crippen molar-refractivity contribution < 1.29 is 9.59 Å². The zero-order valence-corrected chi connectivity index (χ0v) is 17.7. The third-order valence-electron chi connectivity index (χ3n) is 6.76. The molecule has 1 aliphatic carbocycles. The highest BCUT2D eigenvalue weighted by Gasteiger charge is 2.53. The number of rotatable bonds is 2. The van der Waals surface area contributed by atoms with E-state index in [1.165, 1.54) is 11.1 Å². The molecule has 3 atom stereocenters. The van der Waals surface area contributed by atoms with Crippen LogP contribution in [0.2, 0.25) is 0 Å². The first-order chi connectivity index (χ1) is 12.8. The quantitative estimate of drug-likeness (QED) is 0.819. The van der Waals surface area contributed by atoms with E-state index in [1.807, 2.05) is 21.9 Å². The Bertz CT molecular complexity index is 765. The van der Waals surface area contributed by atoms with Crippen LogP contribution in [0.5, 0.6) is 0 Å². The molecule has 2 saturated heterocycles. The van der Waals surface area contributed by atoms with Gasteiger partial charge in [0.05, 0.1) is 11.6 Å². The highest BCUT2D eigenvalue weighted by molar-refractivity contribution is 5.87. The van der Waals surface area contributed by atoms with Gasteiger partial charge in [-0.05, 0) is 37.3 Å². The van der Waals surface area contributed by atoms with Crippen LogP contribution in [0.4, 0.5) is 4.79 Å². The number of carbonyl (C=O) groups is 2. The summed E-state index contributed by atoms with van der Waals surface area (Å²) in [6, 6.07) is 8.35. The Morgan fingerprint density at radius 1 is 1.14 bits per heavy atom. The van der Waals surface area contributed by atoms with Gasteiger partial charge in [-0.2, -0.15) is 0 Å². The summed E-state index contributed by atoms with van der Waals surface area (Å²) in [6.45, 7) is 4.20. The molecule has 0 spiro atoms. The minimum absolute atomic E-state index is 0. The fourth-order valence-electron chi connectivity index (χ4n) is 5.07. The topological polar surface area (TPSA) is 69.9 Å². The number of carbonyl (C=O) groups excluding carboxylic acids is 2. The average Bonchev–Trinajstić information content (AvgIpc) is 3.16. The molecule has 2 N–H and O–H groups in total. The van der Waals surface area contributed by atoms with E-state index in [0.29, 0.717) is 25.6 Å². The predicted molar refractivity (Wildman–Crippen MR) is 111 cm³/mol. The molecule has 1 aromatic carbocycles. The van der Waals surface area contributed by atoms with E-state index in [4.69, 9.17) is 5.73 Å². The number of likely N-dealkylation sites (tertiary alicyclic amines) is 2. The first-order valence-electron chi connectivity index (χ1n) is 9.93. The minimum Gasteiger partial charge on any atom is -0.340 e. The number of fused-ring (bicyclic) bond motifs is 1. The molecule has 154 valence electrons. The number of nitrogens with zero attached hydrogens (tertiary/aromatic N) is 3. The standard InChI is InChI=1S/C21H30N4O2.ClH/c1-14-7-4-5-8-16(14)18-17-13-24(19(26)21(22)9-6-10-21)11-15(17)12-25(18)20(27)23(2)3;/h4-5,7-8,15,17-18H,6,9-13,22H2,1-3H3;1H/t15-,17-,18+;/m1./s1. The molecule has 0 radical (unpaired) electrons. The van der Waals surface area contributed by atoms with Crippen molar-refractivity contribution in [2.24, 2.45) is 17.6 Å². The Balaban J connectivity index is 0.00000225. The van der Waals surface area contributed by atoms with Gasteiger partial charge in [0.2, 0.25) is 5.91 Å². The van der Waals surface area contributed by atoms with Crippen LogP contribution in [0.25, 0.3) is 0 Å². The van der Waals surface area contributed by atoms with Crippen molar-refractivity contribution in [3.05, 3.63) is 35.4 Å². The lowest BCUT2D eigenvalue weighted by Crippen LogP contribution is -2.59. The van der Waals surface area contributed by atoms with Crippen LogP contribution in [0.1, 0.15) is 36.4 Å². The molecule has 6 nitrogen and oxygen atoms in total. The molecule has 7 heteroatoms. The first kappa shape index (κ1) is 20.9. The van der Waals surface area contributed by atoms with E-state index in [2.05, 4.69) is 19.1 Å². The molecule has 28 heavy (non-hydrogen) atoms. The van der Waals surface area contributed by atoms with Crippen molar-refractivity contribution in [1.82, 2.24) is 14.7 Å². The molecule has 0 bridgehead atoms. The smallest absolute Gasteiger partial charge is 0.320 e. The molecule has 1 aromatic rings. The van der Waals surface area contributed by atoms with Crippen molar-refractivity contribution in [2.45, 2.75) is 37.8 Å². The van der Waals surface area contributed by atoms with Gasteiger partial charge in [-0.15, -0.1) is 12.4 Å². The van der Waals surface area contributed by atoms with Crippen molar-refractivity contribution in [1.29, 1.82) is 0 Å². The highest BCUT2D eigenvalue weighted by atomic mass is 35.5. The molecule has 3 aliphatic rings. The van der Waals surface area contributed by atoms with Gasteiger partial charge in [0.25, 0.3) is 0 Å². The number of halogens is 1. The summed E-state index contributed by atoms with van der Waals surface area (Å²) in [7, 11) is 3.60. The Kier molecular flexibility index (Phi) is 5.65. The normalized spacial score (nSPS) is 27.6. The highest BCUT2D eigenvalue weighted by Crippen LogP contribution is 2.47. The maximum atomic E-state index is 12.9. The summed E-state index contributed by atoms with van der Waals surface area (Å²) >= 11 is 0. The Morgan fingerprint density at radius 3 is 2.39 bits per heavy atom. The lowest BCUT2D eigenvalue weighted by atomic mass is 9.76. The van der Waals surface area contributed by atoms with Gasteiger partial charge in [-0.1, -0.05) is 24.3 Å². The Morgan fingerprint density at radius 2 is 1.82 bits per heavy atom. The van der Waals surface area contributed by atoms with Gasteiger partial charge in [0.1, 0.15) is 0 Å². The number of aryl methyl sites for hydroxylation is 1. The van der Waals surface area contributed by atoms with Crippen molar-refractivity contribution in [3.63, 3.8) is 0 Å². The van der Waals surface area contributed by atoms with Crippen LogP contribution in [0.15, 0.2) is 24.3 Å². The van der Waals surface area contributed by atoms with Crippen LogP contribution < -0.4 is 5.73 Å². The third-order valence-corrected chi connectivity index (χ3v) is 6.76. The van der Waals surface area contributed by atoms with Gasteiger partial charge in [-0.25, -0.2) is 4.79 Å². The second kappa shape index (κ2) is 7.56. The summed E-state index contributed by atoms with van der Waals surface area (Å²) in [4.78, 5) is 31.4. The fraction of sp³-hybridized carbons (Fsp3) is 0.619. The number of amides is 3. The Hall–Kier alpha value is -1.79. The molecule has 1 saturated carbocycles. The zero-order chi connectivity index (χ0) is 19.3. The summed E-state index contributed by atoms with van der Waals surface area (Å²) in [5, 5.41) is 0. The Labute approximate surface area is 173 Å². The van der Waals surface area contributed by atoms with Crippen LogP contribution in [-0.4, -0.2) is 65.9 Å². The first-order valence-corrected chi connectivity index (χ1v) is 9.93. The molecule has 0 unspecified atom stereocenters. The SMILES string of the molecule is Cc1ccccc1[C@H]1[C@@H]2CN(C(=O)C3(N)CCC3)C[C@@H]2CN1C(=O)N(C)C.Cl. The van der Waals surface area contributed by atoms with Crippen molar-refractivity contribution >= 4 is 24.3 Å². The molecule has 3 fully saturated rings. The third kappa shape index (κ3) is 3.26. The van der Waals surface area contributed by atoms with Crippen LogP contribution in [0, 0.1) is 18.8 Å². The van der Waals surface area contributed by atoms with Gasteiger partial charge in [-0.3, -0.25) is 4.79 Å². The van der Waals surface area contributed by atoms with Gasteiger partial charge in [0, 0.05) is 45.6 Å². The summed E-state index contributed by atoms with van der Waals surface area (Å²) < 4.78 is 0. The largest absolute Gasteiger partial charge is 0.340 e. The van der Waals surface area contributed by atoms with Crippen molar-refractivity contribution in [3.8, 4) is 0 Å². The van der Waals surface area contributed by atoms with Gasteiger partial charge < -0.3 is 20.4 Å². The molecular formula is C21H31ClN4O2. The summed E-state index contributed by atoms with van der Waals surface area (Å²) in [5.74, 6) is 0.686. The second-order valence-corrected chi connectivity index (χ2v) is 8.77.